The minimum absolute atomic E-state index is 0.00683. The second-order valence-corrected chi connectivity index (χ2v) is 11.8. The molecular formula is C26H33N5O4S. The van der Waals surface area contributed by atoms with Crippen LogP contribution in [0, 0.1) is 20.4 Å². The number of aryl methyl sites for hydroxylation is 1. The van der Waals surface area contributed by atoms with E-state index in [1.165, 1.54) is 0 Å². The quantitative estimate of drug-likeness (QED) is 0.266. The number of hydrogen-bond acceptors (Lipinski definition) is 5. The number of allylic oxidation sites excluding steroid dienone is 2. The van der Waals surface area contributed by atoms with E-state index in [1.54, 1.807) is 24.3 Å². The lowest BCUT2D eigenvalue weighted by Gasteiger charge is -2.39. The summed E-state index contributed by atoms with van der Waals surface area (Å²) in [7, 11) is -0.947. The van der Waals surface area contributed by atoms with Crippen LogP contribution in [0.3, 0.4) is 0 Å². The second kappa shape index (κ2) is 10.5. The first kappa shape index (κ1) is 26.0. The Bertz CT molecular complexity index is 1230. The number of amides is 2. The third-order valence-electron chi connectivity index (χ3n) is 6.94. The SMILES string of the molecule is [C-]#[N+]CC=CCS(O)(O)C1C=C2C(=CC1)NC(=O)C2=Cc1[nH]c(C)c(C(=O)N2CCN(C)CC2)c1C. The van der Waals surface area contributed by atoms with E-state index in [9.17, 15) is 18.7 Å². The number of nitrogens with zero attached hydrogens (tertiary/aromatic N) is 3. The molecule has 2 amide bonds. The molecule has 3 heterocycles. The highest BCUT2D eigenvalue weighted by molar-refractivity contribution is 8.25. The molecule has 1 aliphatic carbocycles. The van der Waals surface area contributed by atoms with Crippen molar-refractivity contribution in [3.05, 3.63) is 75.1 Å². The van der Waals surface area contributed by atoms with Gasteiger partial charge in [0.2, 0.25) is 6.54 Å². The van der Waals surface area contributed by atoms with E-state index in [2.05, 4.69) is 20.0 Å². The van der Waals surface area contributed by atoms with Crippen LogP contribution < -0.4 is 5.32 Å². The summed E-state index contributed by atoms with van der Waals surface area (Å²) < 4.78 is 21.5. The maximum absolute atomic E-state index is 13.3. The molecule has 4 N–H and O–H groups in total. The topological polar surface area (TPSA) is 113 Å². The van der Waals surface area contributed by atoms with Crippen molar-refractivity contribution in [2.24, 2.45) is 0 Å². The first-order valence-electron chi connectivity index (χ1n) is 12.0. The van der Waals surface area contributed by atoms with Crippen molar-refractivity contribution in [1.29, 1.82) is 0 Å². The van der Waals surface area contributed by atoms with Crippen molar-refractivity contribution in [2.75, 3.05) is 45.5 Å². The number of hydrogen-bond donors (Lipinski definition) is 4. The Morgan fingerprint density at radius 1 is 1.25 bits per heavy atom. The number of rotatable bonds is 6. The van der Waals surface area contributed by atoms with Crippen molar-refractivity contribution in [2.45, 2.75) is 25.5 Å². The fourth-order valence-corrected chi connectivity index (χ4v) is 6.20. The molecule has 1 aromatic heterocycles. The molecule has 0 bridgehead atoms. The molecular weight excluding hydrogens is 478 g/mol. The fourth-order valence-electron chi connectivity index (χ4n) is 4.77. The molecule has 2 aliphatic heterocycles. The summed E-state index contributed by atoms with van der Waals surface area (Å²) in [6.45, 7) is 13.8. The third-order valence-corrected chi connectivity index (χ3v) is 8.92. The number of nitrogens with one attached hydrogen (secondary N) is 2. The fraction of sp³-hybridized carbons (Fsp3) is 0.423. The molecule has 36 heavy (non-hydrogen) atoms. The van der Waals surface area contributed by atoms with Crippen LogP contribution in [0.4, 0.5) is 0 Å². The molecule has 3 aliphatic rings. The van der Waals surface area contributed by atoms with Crippen molar-refractivity contribution >= 4 is 28.5 Å². The molecule has 2 saturated heterocycles. The predicted molar refractivity (Wildman–Crippen MR) is 143 cm³/mol. The van der Waals surface area contributed by atoms with Gasteiger partial charge in [-0.15, -0.1) is 0 Å². The number of aromatic nitrogens is 1. The first-order valence-corrected chi connectivity index (χ1v) is 13.8. The summed E-state index contributed by atoms with van der Waals surface area (Å²) in [5, 5.41) is 2.33. The Morgan fingerprint density at radius 2 is 1.97 bits per heavy atom. The van der Waals surface area contributed by atoms with E-state index in [0.717, 1.165) is 24.3 Å². The van der Waals surface area contributed by atoms with Gasteiger partial charge in [-0.3, -0.25) is 18.7 Å². The van der Waals surface area contributed by atoms with E-state index in [0.29, 0.717) is 47.6 Å². The number of carbonyl (C=O) groups excluding carboxylic acids is 2. The number of aromatic amines is 1. The van der Waals surface area contributed by atoms with Gasteiger partial charge in [-0.05, 0) is 45.0 Å². The minimum atomic E-state index is -2.99. The largest absolute Gasteiger partial charge is 0.358 e. The van der Waals surface area contributed by atoms with Crippen LogP contribution in [-0.2, 0) is 4.79 Å². The van der Waals surface area contributed by atoms with E-state index < -0.39 is 15.8 Å². The molecule has 192 valence electrons. The van der Waals surface area contributed by atoms with Crippen LogP contribution in [0.5, 0.6) is 0 Å². The summed E-state index contributed by atoms with van der Waals surface area (Å²) in [6, 6.07) is 0. The number of likely N-dealkylation sites (N-methyl/N-ethyl adjacent to an activating group) is 1. The van der Waals surface area contributed by atoms with Gasteiger partial charge in [0, 0.05) is 48.8 Å². The zero-order valence-electron chi connectivity index (χ0n) is 20.9. The summed E-state index contributed by atoms with van der Waals surface area (Å²) in [5.41, 5.74) is 4.60. The van der Waals surface area contributed by atoms with Gasteiger partial charge in [-0.2, -0.15) is 10.6 Å². The molecule has 1 unspecified atom stereocenters. The number of H-pyrrole nitrogens is 1. The van der Waals surface area contributed by atoms with Gasteiger partial charge in [0.05, 0.1) is 22.1 Å². The van der Waals surface area contributed by atoms with Crippen molar-refractivity contribution in [3.63, 3.8) is 0 Å². The Kier molecular flexibility index (Phi) is 7.57. The van der Waals surface area contributed by atoms with Gasteiger partial charge in [-0.1, -0.05) is 18.2 Å². The summed E-state index contributed by atoms with van der Waals surface area (Å²) in [4.78, 5) is 36.7. The zero-order chi connectivity index (χ0) is 26.0. The monoisotopic (exact) mass is 511 g/mol. The average Bonchev–Trinajstić information content (AvgIpc) is 3.31. The molecule has 9 nitrogen and oxygen atoms in total. The third kappa shape index (κ3) is 5.20. The van der Waals surface area contributed by atoms with Gasteiger partial charge >= 0.3 is 0 Å². The van der Waals surface area contributed by atoms with Crippen molar-refractivity contribution in [1.82, 2.24) is 20.1 Å². The van der Waals surface area contributed by atoms with Gasteiger partial charge in [-0.25, -0.2) is 6.57 Å². The van der Waals surface area contributed by atoms with Gasteiger partial charge in [0.1, 0.15) is 0 Å². The molecule has 4 rings (SSSR count). The number of carbonyl (C=O) groups is 2. The lowest BCUT2D eigenvalue weighted by atomic mass is 9.98. The van der Waals surface area contributed by atoms with Crippen LogP contribution in [0.15, 0.2) is 41.1 Å². The average molecular weight is 512 g/mol. The highest BCUT2D eigenvalue weighted by atomic mass is 32.3. The highest BCUT2D eigenvalue weighted by Gasteiger charge is 2.34. The van der Waals surface area contributed by atoms with Gasteiger partial charge in [0.25, 0.3) is 11.8 Å². The molecule has 10 heteroatoms. The molecule has 2 fully saturated rings. The van der Waals surface area contributed by atoms with Crippen molar-refractivity contribution < 1.29 is 18.7 Å². The standard InChI is InChI=1S/C26H33N5O4S/c1-17-23(28-18(2)24(17)26(33)31-12-10-30(4)11-13-31)16-21-20-15-19(7-8-22(20)29-25(21)32)36(34,35)14-6-5-9-27-3/h5-6,8,15-16,19,28,34-35H,7,9-14H2,1-2,4H3,(H,29,32). The molecule has 1 atom stereocenters. The summed E-state index contributed by atoms with van der Waals surface area (Å²) >= 11 is 0. The summed E-state index contributed by atoms with van der Waals surface area (Å²) in [5.74, 6) is -0.208. The minimum Gasteiger partial charge on any atom is -0.358 e. The first-order chi connectivity index (χ1) is 17.1. The van der Waals surface area contributed by atoms with Gasteiger partial charge < -0.3 is 24.9 Å². The Morgan fingerprint density at radius 3 is 2.67 bits per heavy atom. The maximum Gasteiger partial charge on any atom is 0.256 e. The number of fused-ring (bicyclic) bond motifs is 1. The lowest BCUT2D eigenvalue weighted by molar-refractivity contribution is -0.115. The van der Waals surface area contributed by atoms with Crippen LogP contribution in [-0.4, -0.2) is 86.5 Å². The summed E-state index contributed by atoms with van der Waals surface area (Å²) in [6.07, 6.45) is 8.99. The number of piperazine rings is 1. The second-order valence-electron chi connectivity index (χ2n) is 9.44. The molecule has 0 spiro atoms. The van der Waals surface area contributed by atoms with Crippen LogP contribution in [0.1, 0.15) is 33.7 Å². The molecule has 0 saturated carbocycles. The maximum atomic E-state index is 13.3. The molecule has 0 radical (unpaired) electrons. The van der Waals surface area contributed by atoms with E-state index in [1.807, 2.05) is 31.9 Å². The van der Waals surface area contributed by atoms with Gasteiger partial charge in [0.15, 0.2) is 0 Å². The van der Waals surface area contributed by atoms with Crippen molar-refractivity contribution in [3.8, 4) is 0 Å². The van der Waals surface area contributed by atoms with Crippen LogP contribution >= 0.6 is 10.6 Å². The smallest absolute Gasteiger partial charge is 0.256 e. The lowest BCUT2D eigenvalue weighted by Crippen LogP contribution is -2.47. The Hall–Kier alpha value is -3.10. The molecule has 1 aromatic rings. The van der Waals surface area contributed by atoms with E-state index >= 15 is 0 Å². The Balaban J connectivity index is 1.61. The normalized spacial score (nSPS) is 22.3. The molecule has 0 aromatic carbocycles. The van der Waals surface area contributed by atoms with Crippen LogP contribution in [0.25, 0.3) is 10.9 Å². The Labute approximate surface area is 213 Å². The van der Waals surface area contributed by atoms with Crippen LogP contribution in [0.2, 0.25) is 0 Å². The van der Waals surface area contributed by atoms with E-state index in [-0.39, 0.29) is 24.1 Å². The highest BCUT2D eigenvalue weighted by Crippen LogP contribution is 2.49. The zero-order valence-corrected chi connectivity index (χ0v) is 21.7. The van der Waals surface area contributed by atoms with E-state index in [4.69, 9.17) is 6.57 Å². The predicted octanol–water partition coefficient (Wildman–Crippen LogP) is 3.34.